The molecule has 0 aliphatic rings. The highest BCUT2D eigenvalue weighted by Crippen LogP contribution is 2.28. The molecular weight excluding hydrogens is 356 g/mol. The van der Waals surface area contributed by atoms with E-state index in [2.05, 4.69) is 20.9 Å². The van der Waals surface area contributed by atoms with Gasteiger partial charge in [0.15, 0.2) is 0 Å². The first-order valence-corrected chi connectivity index (χ1v) is 7.36. The molecule has 4 nitrogen and oxygen atoms in total. The molecule has 0 aliphatic heterocycles. The van der Waals surface area contributed by atoms with Gasteiger partial charge in [0.1, 0.15) is 18.0 Å². The minimum Gasteiger partial charge on any atom is -0.486 e. The van der Waals surface area contributed by atoms with Crippen LogP contribution in [0.4, 0.5) is 0 Å². The minimum atomic E-state index is -0.138. The van der Waals surface area contributed by atoms with E-state index in [9.17, 15) is 4.79 Å². The van der Waals surface area contributed by atoms with Gasteiger partial charge in [0.25, 0.3) is 5.56 Å². The molecule has 3 rings (SSSR count). The van der Waals surface area contributed by atoms with E-state index in [0.29, 0.717) is 22.1 Å². The molecule has 0 atom stereocenters. The lowest BCUT2D eigenvalue weighted by molar-refractivity contribution is 0.301. The van der Waals surface area contributed by atoms with Crippen LogP contribution in [0.25, 0.3) is 5.65 Å². The first kappa shape index (κ1) is 14.1. The van der Waals surface area contributed by atoms with Crippen LogP contribution >= 0.6 is 27.5 Å². The van der Waals surface area contributed by atoms with Gasteiger partial charge in [-0.05, 0) is 30.3 Å². The molecule has 106 valence electrons. The lowest BCUT2D eigenvalue weighted by Gasteiger charge is -2.08. The Morgan fingerprint density at radius 2 is 2.10 bits per heavy atom. The summed E-state index contributed by atoms with van der Waals surface area (Å²) in [6, 6.07) is 12.2. The Labute approximate surface area is 134 Å². The second-order valence-electron chi connectivity index (χ2n) is 4.38. The highest BCUT2D eigenvalue weighted by molar-refractivity contribution is 9.10. The number of pyridine rings is 1. The monoisotopic (exact) mass is 364 g/mol. The average molecular weight is 366 g/mol. The van der Waals surface area contributed by atoms with Crippen LogP contribution < -0.4 is 10.3 Å². The van der Waals surface area contributed by atoms with E-state index in [-0.39, 0.29) is 12.2 Å². The van der Waals surface area contributed by atoms with Crippen molar-refractivity contribution in [2.75, 3.05) is 0 Å². The third-order valence-corrected chi connectivity index (χ3v) is 3.68. The van der Waals surface area contributed by atoms with E-state index in [1.54, 1.807) is 30.5 Å². The van der Waals surface area contributed by atoms with Crippen LogP contribution in [-0.2, 0) is 6.61 Å². The minimum absolute atomic E-state index is 0.138. The molecule has 0 radical (unpaired) electrons. The summed E-state index contributed by atoms with van der Waals surface area (Å²) < 4.78 is 7.98. The van der Waals surface area contributed by atoms with Crippen LogP contribution in [-0.4, -0.2) is 9.38 Å². The molecule has 0 spiro atoms. The van der Waals surface area contributed by atoms with Gasteiger partial charge in [-0.2, -0.15) is 0 Å². The van der Waals surface area contributed by atoms with Crippen LogP contribution in [0.15, 0.2) is 57.9 Å². The van der Waals surface area contributed by atoms with Crippen molar-refractivity contribution in [3.63, 3.8) is 0 Å². The van der Waals surface area contributed by atoms with Gasteiger partial charge in [-0.25, -0.2) is 4.98 Å². The van der Waals surface area contributed by atoms with Gasteiger partial charge in [0, 0.05) is 16.7 Å². The topological polar surface area (TPSA) is 43.6 Å². The Bertz CT molecular complexity index is 864. The Morgan fingerprint density at radius 3 is 2.90 bits per heavy atom. The molecule has 1 aromatic carbocycles. The van der Waals surface area contributed by atoms with Crippen LogP contribution in [0.3, 0.4) is 0 Å². The van der Waals surface area contributed by atoms with Crippen molar-refractivity contribution in [1.82, 2.24) is 9.38 Å². The Balaban J connectivity index is 1.87. The second-order valence-corrected chi connectivity index (χ2v) is 5.70. The summed E-state index contributed by atoms with van der Waals surface area (Å²) in [4.78, 5) is 16.3. The molecule has 21 heavy (non-hydrogen) atoms. The maximum atomic E-state index is 12.0. The number of nitrogens with zero attached hydrogens (tertiary/aromatic N) is 2. The summed E-state index contributed by atoms with van der Waals surface area (Å²) >= 11 is 9.41. The van der Waals surface area contributed by atoms with Crippen LogP contribution in [0.5, 0.6) is 5.75 Å². The normalized spacial score (nSPS) is 10.8. The Hall–Kier alpha value is -1.85. The SMILES string of the molecule is O=c1cc(COc2ccc(Br)cc2Cl)nc2ccccn12. The fourth-order valence-corrected chi connectivity index (χ4v) is 2.65. The van der Waals surface area contributed by atoms with Gasteiger partial charge in [-0.1, -0.05) is 33.6 Å². The summed E-state index contributed by atoms with van der Waals surface area (Å²) in [5.74, 6) is 0.551. The number of ether oxygens (including phenoxy) is 1. The van der Waals surface area contributed by atoms with E-state index in [4.69, 9.17) is 16.3 Å². The molecule has 3 aromatic rings. The van der Waals surface area contributed by atoms with Crippen molar-refractivity contribution in [3.8, 4) is 5.75 Å². The summed E-state index contributed by atoms with van der Waals surface area (Å²) in [5.41, 5.74) is 1.01. The Morgan fingerprint density at radius 1 is 1.24 bits per heavy atom. The maximum absolute atomic E-state index is 12.0. The summed E-state index contributed by atoms with van der Waals surface area (Å²) in [6.45, 7) is 0.183. The zero-order chi connectivity index (χ0) is 14.8. The number of hydrogen-bond donors (Lipinski definition) is 0. The standard InChI is InChI=1S/C15H10BrClN2O2/c16-10-4-5-13(12(17)7-10)21-9-11-8-15(20)19-6-2-1-3-14(19)18-11/h1-8H,9H2. The van der Waals surface area contributed by atoms with Crippen molar-refractivity contribution in [2.24, 2.45) is 0 Å². The van der Waals surface area contributed by atoms with Crippen molar-refractivity contribution in [3.05, 3.63) is 74.2 Å². The predicted octanol–water partition coefficient (Wildman–Crippen LogP) is 3.69. The zero-order valence-electron chi connectivity index (χ0n) is 10.8. The smallest absolute Gasteiger partial charge is 0.258 e. The first-order chi connectivity index (χ1) is 10.1. The van der Waals surface area contributed by atoms with E-state index >= 15 is 0 Å². The number of halogens is 2. The summed E-state index contributed by atoms with van der Waals surface area (Å²) in [5, 5.41) is 0.502. The van der Waals surface area contributed by atoms with Gasteiger partial charge in [-0.3, -0.25) is 9.20 Å². The highest BCUT2D eigenvalue weighted by atomic mass is 79.9. The molecule has 0 bridgehead atoms. The van der Waals surface area contributed by atoms with E-state index in [0.717, 1.165) is 4.47 Å². The Kier molecular flexibility index (Phi) is 3.94. The second kappa shape index (κ2) is 5.87. The number of benzene rings is 1. The van der Waals surface area contributed by atoms with E-state index < -0.39 is 0 Å². The van der Waals surface area contributed by atoms with Gasteiger partial charge >= 0.3 is 0 Å². The summed E-state index contributed by atoms with van der Waals surface area (Å²) in [6.07, 6.45) is 1.68. The molecule has 0 saturated heterocycles. The van der Waals surface area contributed by atoms with Gasteiger partial charge in [0.2, 0.25) is 0 Å². The fourth-order valence-electron chi connectivity index (χ4n) is 1.92. The lowest BCUT2D eigenvalue weighted by Crippen LogP contribution is -2.16. The third kappa shape index (κ3) is 3.09. The molecule has 0 aliphatic carbocycles. The van der Waals surface area contributed by atoms with Gasteiger partial charge in [0.05, 0.1) is 10.7 Å². The molecule has 0 amide bonds. The van der Waals surface area contributed by atoms with E-state index in [1.165, 1.54) is 10.5 Å². The van der Waals surface area contributed by atoms with Crippen LogP contribution in [0.1, 0.15) is 5.69 Å². The third-order valence-electron chi connectivity index (χ3n) is 2.89. The summed E-state index contributed by atoms with van der Waals surface area (Å²) in [7, 11) is 0. The van der Waals surface area contributed by atoms with Crippen molar-refractivity contribution in [2.45, 2.75) is 6.61 Å². The predicted molar refractivity (Wildman–Crippen MR) is 84.9 cm³/mol. The van der Waals surface area contributed by atoms with E-state index in [1.807, 2.05) is 12.1 Å². The molecule has 0 N–H and O–H groups in total. The average Bonchev–Trinajstić information content (AvgIpc) is 2.46. The molecule has 0 saturated carbocycles. The van der Waals surface area contributed by atoms with Gasteiger partial charge < -0.3 is 4.74 Å². The first-order valence-electron chi connectivity index (χ1n) is 6.19. The molecule has 0 fully saturated rings. The number of fused-ring (bicyclic) bond motifs is 1. The zero-order valence-corrected chi connectivity index (χ0v) is 13.1. The molecule has 6 heteroatoms. The highest BCUT2D eigenvalue weighted by Gasteiger charge is 2.05. The fraction of sp³-hybridized carbons (Fsp3) is 0.0667. The number of hydrogen-bond acceptors (Lipinski definition) is 3. The molecule has 2 aromatic heterocycles. The largest absolute Gasteiger partial charge is 0.486 e. The van der Waals surface area contributed by atoms with Gasteiger partial charge in [-0.15, -0.1) is 0 Å². The van der Waals surface area contributed by atoms with Crippen molar-refractivity contribution in [1.29, 1.82) is 0 Å². The van der Waals surface area contributed by atoms with Crippen LogP contribution in [0, 0.1) is 0 Å². The van der Waals surface area contributed by atoms with Crippen molar-refractivity contribution < 1.29 is 4.74 Å². The number of aromatic nitrogens is 2. The lowest BCUT2D eigenvalue weighted by atomic mass is 10.3. The van der Waals surface area contributed by atoms with Crippen LogP contribution in [0.2, 0.25) is 5.02 Å². The molecular formula is C15H10BrClN2O2. The maximum Gasteiger partial charge on any atom is 0.258 e. The quantitative estimate of drug-likeness (QED) is 0.711. The molecule has 2 heterocycles. The molecule has 0 unspecified atom stereocenters. The number of rotatable bonds is 3. The van der Waals surface area contributed by atoms with Crippen molar-refractivity contribution >= 4 is 33.2 Å².